The summed E-state index contributed by atoms with van der Waals surface area (Å²) in [5, 5.41) is 12.5. The van der Waals surface area contributed by atoms with Gasteiger partial charge in [0.2, 0.25) is 5.91 Å². The first-order chi connectivity index (χ1) is 9.73. The summed E-state index contributed by atoms with van der Waals surface area (Å²) in [6, 6.07) is 6.26. The molecule has 0 saturated carbocycles. The zero-order valence-corrected chi connectivity index (χ0v) is 11.0. The van der Waals surface area contributed by atoms with E-state index >= 15 is 0 Å². The molecule has 0 aliphatic heterocycles. The number of nitriles is 1. The van der Waals surface area contributed by atoms with E-state index in [0.29, 0.717) is 11.1 Å². The number of hydrogen-bond donors (Lipinski definition) is 2. The standard InChI is InChI=1S/C13H12F3N3O2/c1-8-4-9(5-17)2-3-10(8)12(21)18-6-11(20)19-7-13(14,15)16/h2-4H,6-7H2,1H3,(H,18,21)(H,19,20). The molecule has 5 nitrogen and oxygen atoms in total. The zero-order valence-electron chi connectivity index (χ0n) is 11.0. The van der Waals surface area contributed by atoms with Gasteiger partial charge in [-0.25, -0.2) is 0 Å². The molecule has 0 aromatic heterocycles. The zero-order chi connectivity index (χ0) is 16.0. The third kappa shape index (κ3) is 5.52. The highest BCUT2D eigenvalue weighted by Crippen LogP contribution is 2.12. The van der Waals surface area contributed by atoms with Gasteiger partial charge in [-0.2, -0.15) is 18.4 Å². The van der Waals surface area contributed by atoms with Gasteiger partial charge in [-0.05, 0) is 30.7 Å². The first kappa shape index (κ1) is 16.5. The maximum atomic E-state index is 11.9. The summed E-state index contributed by atoms with van der Waals surface area (Å²) < 4.78 is 35.6. The third-order valence-corrected chi connectivity index (χ3v) is 2.50. The predicted molar refractivity (Wildman–Crippen MR) is 67.3 cm³/mol. The molecule has 1 aromatic rings. The topological polar surface area (TPSA) is 82.0 Å². The average Bonchev–Trinajstić information content (AvgIpc) is 2.41. The van der Waals surface area contributed by atoms with Crippen molar-refractivity contribution >= 4 is 11.8 Å². The first-order valence-corrected chi connectivity index (χ1v) is 5.85. The van der Waals surface area contributed by atoms with Crippen molar-refractivity contribution in [1.82, 2.24) is 10.6 Å². The van der Waals surface area contributed by atoms with Crippen LogP contribution in [0.25, 0.3) is 0 Å². The molecule has 8 heteroatoms. The Morgan fingerprint density at radius 3 is 2.48 bits per heavy atom. The van der Waals surface area contributed by atoms with Gasteiger partial charge in [-0.15, -0.1) is 0 Å². The number of aryl methyl sites for hydroxylation is 1. The summed E-state index contributed by atoms with van der Waals surface area (Å²) in [6.07, 6.45) is -4.50. The molecule has 0 atom stereocenters. The lowest BCUT2D eigenvalue weighted by molar-refractivity contribution is -0.137. The van der Waals surface area contributed by atoms with Crippen LogP contribution < -0.4 is 10.6 Å². The molecule has 2 N–H and O–H groups in total. The fraction of sp³-hybridized carbons (Fsp3) is 0.308. The monoisotopic (exact) mass is 299 g/mol. The SMILES string of the molecule is Cc1cc(C#N)ccc1C(=O)NCC(=O)NCC(F)(F)F. The predicted octanol–water partition coefficient (Wildman–Crippen LogP) is 1.27. The van der Waals surface area contributed by atoms with Crippen molar-refractivity contribution in [3.63, 3.8) is 0 Å². The van der Waals surface area contributed by atoms with E-state index in [2.05, 4.69) is 5.32 Å². The fourth-order valence-corrected chi connectivity index (χ4v) is 1.51. The number of benzene rings is 1. The van der Waals surface area contributed by atoms with Crippen molar-refractivity contribution in [2.45, 2.75) is 13.1 Å². The van der Waals surface area contributed by atoms with Gasteiger partial charge in [0.15, 0.2) is 0 Å². The number of alkyl halides is 3. The Kier molecular flexibility index (Phi) is 5.30. The van der Waals surface area contributed by atoms with E-state index in [4.69, 9.17) is 5.26 Å². The molecule has 0 unspecified atom stereocenters. The molecule has 0 aliphatic rings. The quantitative estimate of drug-likeness (QED) is 0.878. The van der Waals surface area contributed by atoms with Crippen molar-refractivity contribution in [1.29, 1.82) is 5.26 Å². The molecule has 0 heterocycles. The van der Waals surface area contributed by atoms with Crippen molar-refractivity contribution in [2.24, 2.45) is 0 Å². The molecule has 1 aromatic carbocycles. The van der Waals surface area contributed by atoms with Gasteiger partial charge in [-0.3, -0.25) is 9.59 Å². The number of hydrogen-bond acceptors (Lipinski definition) is 3. The molecule has 21 heavy (non-hydrogen) atoms. The molecule has 0 radical (unpaired) electrons. The van der Waals surface area contributed by atoms with Crippen LogP contribution in [0.3, 0.4) is 0 Å². The number of carbonyl (C=O) groups is 2. The summed E-state index contributed by atoms with van der Waals surface area (Å²) in [7, 11) is 0. The van der Waals surface area contributed by atoms with Crippen LogP contribution >= 0.6 is 0 Å². The molecule has 0 aliphatic carbocycles. The Hall–Kier alpha value is -2.56. The van der Waals surface area contributed by atoms with Crippen LogP contribution in [0.2, 0.25) is 0 Å². The summed E-state index contributed by atoms with van der Waals surface area (Å²) in [4.78, 5) is 22.9. The molecule has 1 rings (SSSR count). The second-order valence-corrected chi connectivity index (χ2v) is 4.22. The van der Waals surface area contributed by atoms with E-state index in [-0.39, 0.29) is 5.56 Å². The fourth-order valence-electron chi connectivity index (χ4n) is 1.51. The van der Waals surface area contributed by atoms with E-state index in [1.165, 1.54) is 18.2 Å². The molecular formula is C13H12F3N3O2. The maximum absolute atomic E-state index is 11.9. The first-order valence-electron chi connectivity index (χ1n) is 5.85. The Morgan fingerprint density at radius 1 is 1.29 bits per heavy atom. The van der Waals surface area contributed by atoms with Gasteiger partial charge in [0, 0.05) is 5.56 Å². The highest BCUT2D eigenvalue weighted by Gasteiger charge is 2.27. The number of nitrogens with zero attached hydrogens (tertiary/aromatic N) is 1. The Bertz CT molecular complexity index is 591. The van der Waals surface area contributed by atoms with Gasteiger partial charge >= 0.3 is 6.18 Å². The molecule has 0 bridgehead atoms. The number of carbonyl (C=O) groups excluding carboxylic acids is 2. The molecular weight excluding hydrogens is 287 g/mol. The number of amides is 2. The largest absolute Gasteiger partial charge is 0.405 e. The summed E-state index contributed by atoms with van der Waals surface area (Å²) in [5.74, 6) is -1.54. The van der Waals surface area contributed by atoms with Crippen molar-refractivity contribution in [3.05, 3.63) is 34.9 Å². The Morgan fingerprint density at radius 2 is 1.95 bits per heavy atom. The molecule has 0 spiro atoms. The Labute approximate surface area is 118 Å². The second-order valence-electron chi connectivity index (χ2n) is 4.22. The minimum atomic E-state index is -4.50. The molecule has 112 valence electrons. The van der Waals surface area contributed by atoms with Crippen LogP contribution in [0.1, 0.15) is 21.5 Å². The molecule has 0 saturated heterocycles. The van der Waals surface area contributed by atoms with E-state index in [1.807, 2.05) is 6.07 Å². The number of halogens is 3. The van der Waals surface area contributed by atoms with Crippen LogP contribution in [0, 0.1) is 18.3 Å². The van der Waals surface area contributed by atoms with Crippen molar-refractivity contribution < 1.29 is 22.8 Å². The van der Waals surface area contributed by atoms with Gasteiger partial charge < -0.3 is 10.6 Å². The molecule has 2 amide bonds. The molecule has 0 fully saturated rings. The van der Waals surface area contributed by atoms with Crippen molar-refractivity contribution in [2.75, 3.05) is 13.1 Å². The highest BCUT2D eigenvalue weighted by molar-refractivity contribution is 5.97. The second kappa shape index (κ2) is 6.74. The van der Waals surface area contributed by atoms with Crippen LogP contribution in [-0.4, -0.2) is 31.1 Å². The number of nitrogens with one attached hydrogen (secondary N) is 2. The lowest BCUT2D eigenvalue weighted by Crippen LogP contribution is -2.41. The normalized spacial score (nSPS) is 10.6. The van der Waals surface area contributed by atoms with E-state index in [0.717, 1.165) is 0 Å². The Balaban J connectivity index is 2.55. The lowest BCUT2D eigenvalue weighted by Gasteiger charge is -2.10. The highest BCUT2D eigenvalue weighted by atomic mass is 19.4. The van der Waals surface area contributed by atoms with E-state index in [9.17, 15) is 22.8 Å². The van der Waals surface area contributed by atoms with Crippen LogP contribution in [0.15, 0.2) is 18.2 Å². The van der Waals surface area contributed by atoms with Gasteiger partial charge in [0.25, 0.3) is 5.91 Å². The van der Waals surface area contributed by atoms with Crippen LogP contribution in [0.5, 0.6) is 0 Å². The average molecular weight is 299 g/mol. The van der Waals surface area contributed by atoms with E-state index < -0.39 is 31.1 Å². The maximum Gasteiger partial charge on any atom is 0.405 e. The summed E-state index contributed by atoms with van der Waals surface area (Å²) in [5.41, 5.74) is 1.16. The van der Waals surface area contributed by atoms with Gasteiger partial charge in [0.05, 0.1) is 18.2 Å². The van der Waals surface area contributed by atoms with Crippen LogP contribution in [0.4, 0.5) is 13.2 Å². The minimum Gasteiger partial charge on any atom is -0.345 e. The third-order valence-electron chi connectivity index (χ3n) is 2.50. The smallest absolute Gasteiger partial charge is 0.345 e. The van der Waals surface area contributed by atoms with Gasteiger partial charge in [-0.1, -0.05) is 0 Å². The lowest BCUT2D eigenvalue weighted by atomic mass is 10.1. The van der Waals surface area contributed by atoms with Crippen LogP contribution in [-0.2, 0) is 4.79 Å². The summed E-state index contributed by atoms with van der Waals surface area (Å²) >= 11 is 0. The van der Waals surface area contributed by atoms with E-state index in [1.54, 1.807) is 12.2 Å². The van der Waals surface area contributed by atoms with Gasteiger partial charge in [0.1, 0.15) is 6.54 Å². The summed E-state index contributed by atoms with van der Waals surface area (Å²) in [6.45, 7) is -0.397. The van der Waals surface area contributed by atoms with Crippen molar-refractivity contribution in [3.8, 4) is 6.07 Å². The minimum absolute atomic E-state index is 0.248. The number of rotatable bonds is 4.